The lowest BCUT2D eigenvalue weighted by Gasteiger charge is -2.22. The van der Waals surface area contributed by atoms with Crippen LogP contribution in [0.1, 0.15) is 32.3 Å². The molecule has 7 nitrogen and oxygen atoms in total. The SMILES string of the molecule is CC(C)(N)C(=O)N[C@H](CCC(=O)OCc1ccccc1)C(N)=O. The van der Waals surface area contributed by atoms with Gasteiger partial charge >= 0.3 is 5.97 Å². The quantitative estimate of drug-likeness (QED) is 0.591. The van der Waals surface area contributed by atoms with Gasteiger partial charge in [-0.25, -0.2) is 0 Å². The first-order valence-corrected chi connectivity index (χ1v) is 7.29. The van der Waals surface area contributed by atoms with E-state index in [4.69, 9.17) is 16.2 Å². The molecule has 1 aromatic rings. The average Bonchev–Trinajstić information content (AvgIpc) is 2.48. The summed E-state index contributed by atoms with van der Waals surface area (Å²) in [5.74, 6) is -1.71. The minimum Gasteiger partial charge on any atom is -0.461 e. The van der Waals surface area contributed by atoms with Gasteiger partial charge in [-0.15, -0.1) is 0 Å². The number of hydrogen-bond acceptors (Lipinski definition) is 5. The fraction of sp³-hybridized carbons (Fsp3) is 0.438. The number of nitrogens with one attached hydrogen (secondary N) is 1. The molecule has 1 aromatic carbocycles. The summed E-state index contributed by atoms with van der Waals surface area (Å²) in [7, 11) is 0. The third-order valence-corrected chi connectivity index (χ3v) is 3.11. The highest BCUT2D eigenvalue weighted by molar-refractivity contribution is 5.91. The summed E-state index contributed by atoms with van der Waals surface area (Å²) in [6.45, 7) is 3.17. The van der Waals surface area contributed by atoms with Gasteiger partial charge < -0.3 is 21.5 Å². The largest absolute Gasteiger partial charge is 0.461 e. The van der Waals surface area contributed by atoms with Gasteiger partial charge in [0, 0.05) is 6.42 Å². The van der Waals surface area contributed by atoms with E-state index in [9.17, 15) is 14.4 Å². The third-order valence-electron chi connectivity index (χ3n) is 3.11. The van der Waals surface area contributed by atoms with Gasteiger partial charge in [0.05, 0.1) is 5.54 Å². The molecule has 0 heterocycles. The van der Waals surface area contributed by atoms with Crippen molar-refractivity contribution in [2.75, 3.05) is 0 Å². The molecule has 0 aromatic heterocycles. The fourth-order valence-corrected chi connectivity index (χ4v) is 1.70. The summed E-state index contributed by atoms with van der Waals surface area (Å²) in [5.41, 5.74) is 10.6. The monoisotopic (exact) mass is 321 g/mol. The Balaban J connectivity index is 2.44. The molecular formula is C16H23N3O4. The molecule has 126 valence electrons. The van der Waals surface area contributed by atoms with Crippen molar-refractivity contribution in [1.82, 2.24) is 5.32 Å². The third kappa shape index (κ3) is 6.92. The first-order chi connectivity index (χ1) is 10.7. The van der Waals surface area contributed by atoms with Crippen LogP contribution in [0.25, 0.3) is 0 Å². The van der Waals surface area contributed by atoms with Crippen molar-refractivity contribution in [3.05, 3.63) is 35.9 Å². The maximum Gasteiger partial charge on any atom is 0.306 e. The van der Waals surface area contributed by atoms with Gasteiger partial charge in [-0.3, -0.25) is 14.4 Å². The van der Waals surface area contributed by atoms with Crippen LogP contribution in [0.4, 0.5) is 0 Å². The van der Waals surface area contributed by atoms with E-state index in [1.807, 2.05) is 30.3 Å². The van der Waals surface area contributed by atoms with Gasteiger partial charge in [0.15, 0.2) is 0 Å². The van der Waals surface area contributed by atoms with Crippen LogP contribution < -0.4 is 16.8 Å². The Hall–Kier alpha value is -2.41. The van der Waals surface area contributed by atoms with Crippen LogP contribution in [0.5, 0.6) is 0 Å². The molecule has 0 radical (unpaired) electrons. The predicted octanol–water partition coefficient (Wildman–Crippen LogP) is 0.217. The summed E-state index contributed by atoms with van der Waals surface area (Å²) in [4.78, 5) is 34.9. The number of esters is 1. The van der Waals surface area contributed by atoms with Gasteiger partial charge in [-0.05, 0) is 25.8 Å². The molecule has 0 saturated carbocycles. The molecule has 0 bridgehead atoms. The summed E-state index contributed by atoms with van der Waals surface area (Å²) < 4.78 is 5.10. The number of hydrogen-bond donors (Lipinski definition) is 3. The number of nitrogens with two attached hydrogens (primary N) is 2. The Morgan fingerprint density at radius 3 is 2.35 bits per heavy atom. The van der Waals surface area contributed by atoms with Crippen molar-refractivity contribution in [2.45, 2.75) is 44.9 Å². The highest BCUT2D eigenvalue weighted by Crippen LogP contribution is 2.06. The zero-order valence-corrected chi connectivity index (χ0v) is 13.4. The lowest BCUT2D eigenvalue weighted by atomic mass is 10.0. The van der Waals surface area contributed by atoms with Gasteiger partial charge in [-0.1, -0.05) is 30.3 Å². The molecule has 0 aliphatic heterocycles. The Morgan fingerprint density at radius 1 is 1.22 bits per heavy atom. The van der Waals surface area contributed by atoms with E-state index in [1.54, 1.807) is 0 Å². The fourth-order valence-electron chi connectivity index (χ4n) is 1.70. The Labute approximate surface area is 135 Å². The second-order valence-electron chi connectivity index (χ2n) is 5.84. The smallest absolute Gasteiger partial charge is 0.306 e. The Morgan fingerprint density at radius 2 is 1.83 bits per heavy atom. The first-order valence-electron chi connectivity index (χ1n) is 7.29. The summed E-state index contributed by atoms with van der Waals surface area (Å²) in [6, 6.07) is 8.26. The van der Waals surface area contributed by atoms with Gasteiger partial charge in [0.25, 0.3) is 0 Å². The van der Waals surface area contributed by atoms with Crippen LogP contribution in [-0.4, -0.2) is 29.4 Å². The topological polar surface area (TPSA) is 125 Å². The highest BCUT2D eigenvalue weighted by Gasteiger charge is 2.27. The predicted molar refractivity (Wildman–Crippen MR) is 84.9 cm³/mol. The Kier molecular flexibility index (Phi) is 6.71. The summed E-state index contributed by atoms with van der Waals surface area (Å²) >= 11 is 0. The molecule has 5 N–H and O–H groups in total. The van der Waals surface area contributed by atoms with Crippen molar-refractivity contribution in [3.63, 3.8) is 0 Å². The van der Waals surface area contributed by atoms with Crippen LogP contribution in [0.3, 0.4) is 0 Å². The molecule has 0 spiro atoms. The van der Waals surface area contributed by atoms with Crippen LogP contribution >= 0.6 is 0 Å². The second kappa shape index (κ2) is 8.28. The molecule has 0 unspecified atom stereocenters. The van der Waals surface area contributed by atoms with Crippen molar-refractivity contribution in [2.24, 2.45) is 11.5 Å². The lowest BCUT2D eigenvalue weighted by Crippen LogP contribution is -2.55. The minimum atomic E-state index is -1.14. The van der Waals surface area contributed by atoms with Gasteiger partial charge in [0.2, 0.25) is 11.8 Å². The number of ether oxygens (including phenoxy) is 1. The number of benzene rings is 1. The molecule has 23 heavy (non-hydrogen) atoms. The zero-order chi connectivity index (χ0) is 17.5. The van der Waals surface area contributed by atoms with Gasteiger partial charge in [0.1, 0.15) is 12.6 Å². The van der Waals surface area contributed by atoms with Crippen LogP contribution in [0, 0.1) is 0 Å². The first kappa shape index (κ1) is 18.6. The number of rotatable bonds is 8. The van der Waals surface area contributed by atoms with E-state index >= 15 is 0 Å². The molecule has 1 rings (SSSR count). The van der Waals surface area contributed by atoms with Crippen molar-refractivity contribution in [1.29, 1.82) is 0 Å². The molecule has 0 aliphatic rings. The summed E-state index contributed by atoms with van der Waals surface area (Å²) in [5, 5.41) is 2.44. The highest BCUT2D eigenvalue weighted by atomic mass is 16.5. The summed E-state index contributed by atoms with van der Waals surface area (Å²) in [6.07, 6.45) is 0.0243. The molecule has 2 amide bonds. The molecule has 1 atom stereocenters. The minimum absolute atomic E-state index is 0.0360. The van der Waals surface area contributed by atoms with Crippen molar-refractivity contribution >= 4 is 17.8 Å². The molecular weight excluding hydrogens is 298 g/mol. The van der Waals surface area contributed by atoms with E-state index in [2.05, 4.69) is 5.32 Å². The van der Waals surface area contributed by atoms with Crippen LogP contribution in [0.2, 0.25) is 0 Å². The lowest BCUT2D eigenvalue weighted by molar-refractivity contribution is -0.145. The van der Waals surface area contributed by atoms with Gasteiger partial charge in [-0.2, -0.15) is 0 Å². The number of carbonyl (C=O) groups excluding carboxylic acids is 3. The molecule has 0 saturated heterocycles. The number of primary amides is 1. The van der Waals surface area contributed by atoms with Crippen LogP contribution in [0.15, 0.2) is 30.3 Å². The standard InChI is InChI=1S/C16H23N3O4/c1-16(2,18)15(22)19-12(14(17)21)8-9-13(20)23-10-11-6-4-3-5-7-11/h3-7,12H,8-10,18H2,1-2H3,(H2,17,21)(H,19,22)/t12-/m1/s1. The van der Waals surface area contributed by atoms with E-state index < -0.39 is 29.4 Å². The number of carbonyl (C=O) groups is 3. The van der Waals surface area contributed by atoms with E-state index in [1.165, 1.54) is 13.8 Å². The maximum atomic E-state index is 11.8. The molecule has 0 fully saturated rings. The Bertz CT molecular complexity index is 552. The van der Waals surface area contributed by atoms with Crippen LogP contribution in [-0.2, 0) is 25.7 Å². The maximum absolute atomic E-state index is 11.8. The van der Waals surface area contributed by atoms with E-state index in [0.717, 1.165) is 5.56 Å². The van der Waals surface area contributed by atoms with Crippen molar-refractivity contribution in [3.8, 4) is 0 Å². The number of amides is 2. The molecule has 0 aliphatic carbocycles. The van der Waals surface area contributed by atoms with E-state index in [-0.39, 0.29) is 19.4 Å². The zero-order valence-electron chi connectivity index (χ0n) is 13.4. The molecule has 7 heteroatoms. The van der Waals surface area contributed by atoms with Crippen molar-refractivity contribution < 1.29 is 19.1 Å². The second-order valence-corrected chi connectivity index (χ2v) is 5.84. The normalized spacial score (nSPS) is 12.3. The average molecular weight is 321 g/mol. The van der Waals surface area contributed by atoms with E-state index in [0.29, 0.717) is 0 Å².